The van der Waals surface area contributed by atoms with Crippen LogP contribution in [0.4, 0.5) is 13.2 Å². The van der Waals surface area contributed by atoms with Gasteiger partial charge >= 0.3 is 6.18 Å². The molecule has 0 aliphatic heterocycles. The third kappa shape index (κ3) is 3.56. The van der Waals surface area contributed by atoms with Gasteiger partial charge in [-0.3, -0.25) is 0 Å². The molecule has 2 heterocycles. The van der Waals surface area contributed by atoms with Crippen molar-refractivity contribution in [3.63, 3.8) is 0 Å². The van der Waals surface area contributed by atoms with Crippen molar-refractivity contribution in [2.24, 2.45) is 0 Å². The van der Waals surface area contributed by atoms with Gasteiger partial charge in [-0.25, -0.2) is 4.98 Å². The molecular formula is C16H13F3N4. The van der Waals surface area contributed by atoms with Crippen molar-refractivity contribution < 1.29 is 13.2 Å². The molecule has 0 spiro atoms. The molecule has 0 fully saturated rings. The fourth-order valence-electron chi connectivity index (χ4n) is 2.42. The maximum Gasteiger partial charge on any atom is 0.416 e. The fraction of sp³-hybridized carbons (Fsp3) is 0.188. The minimum absolute atomic E-state index is 0.170. The third-order valence-electron chi connectivity index (χ3n) is 3.58. The van der Waals surface area contributed by atoms with Crippen molar-refractivity contribution in [2.45, 2.75) is 18.5 Å². The van der Waals surface area contributed by atoms with E-state index in [4.69, 9.17) is 0 Å². The van der Waals surface area contributed by atoms with Crippen molar-refractivity contribution >= 4 is 0 Å². The summed E-state index contributed by atoms with van der Waals surface area (Å²) in [5.41, 5.74) is 1.67. The Kier molecular flexibility index (Phi) is 4.10. The first-order valence-electron chi connectivity index (χ1n) is 6.96. The number of imidazole rings is 1. The Hall–Kier alpha value is -2.70. The number of halogens is 3. The Morgan fingerprint density at radius 1 is 1.09 bits per heavy atom. The molecule has 3 rings (SSSR count). The van der Waals surface area contributed by atoms with E-state index in [1.54, 1.807) is 24.8 Å². The Bertz CT molecular complexity index is 737. The lowest BCUT2D eigenvalue weighted by Crippen LogP contribution is -2.09. The lowest BCUT2D eigenvalue weighted by Gasteiger charge is -2.16. The standard InChI is InChI=1S/C16H13F3N4/c17-16(18,19)12-5-3-11(4-6-12)14(15-9-20-10-21-15)8-13-2-1-7-22-23-13/h1-7,9-10,14H,8H2,(H,20,21). The van der Waals surface area contributed by atoms with Crippen LogP contribution in [0.1, 0.15) is 28.4 Å². The molecule has 1 unspecified atom stereocenters. The number of H-pyrrole nitrogens is 1. The molecule has 0 radical (unpaired) electrons. The quantitative estimate of drug-likeness (QED) is 0.800. The maximum atomic E-state index is 12.7. The van der Waals surface area contributed by atoms with Crippen molar-refractivity contribution in [1.29, 1.82) is 0 Å². The van der Waals surface area contributed by atoms with Crippen molar-refractivity contribution in [3.8, 4) is 0 Å². The molecular weight excluding hydrogens is 305 g/mol. The van der Waals surface area contributed by atoms with E-state index in [0.717, 1.165) is 29.1 Å². The van der Waals surface area contributed by atoms with Crippen LogP contribution in [0, 0.1) is 0 Å². The highest BCUT2D eigenvalue weighted by atomic mass is 19.4. The molecule has 0 saturated carbocycles. The Balaban J connectivity index is 1.92. The van der Waals surface area contributed by atoms with Crippen LogP contribution in [0.3, 0.4) is 0 Å². The first kappa shape index (κ1) is 15.2. The van der Waals surface area contributed by atoms with Gasteiger partial charge in [0.15, 0.2) is 0 Å². The van der Waals surface area contributed by atoms with E-state index >= 15 is 0 Å². The molecule has 1 atom stereocenters. The number of aromatic nitrogens is 4. The van der Waals surface area contributed by atoms with Gasteiger partial charge in [0.2, 0.25) is 0 Å². The van der Waals surface area contributed by atoms with Gasteiger partial charge in [0, 0.05) is 30.4 Å². The highest BCUT2D eigenvalue weighted by molar-refractivity contribution is 5.32. The lowest BCUT2D eigenvalue weighted by atomic mass is 9.91. The third-order valence-corrected chi connectivity index (χ3v) is 3.58. The largest absolute Gasteiger partial charge is 0.416 e. The van der Waals surface area contributed by atoms with Crippen molar-refractivity contribution in [2.75, 3.05) is 0 Å². The summed E-state index contributed by atoms with van der Waals surface area (Å²) >= 11 is 0. The number of hydrogen-bond acceptors (Lipinski definition) is 3. The van der Waals surface area contributed by atoms with Crippen molar-refractivity contribution in [3.05, 3.63) is 77.6 Å². The van der Waals surface area contributed by atoms with Crippen LogP contribution in [0.15, 0.2) is 55.1 Å². The molecule has 1 N–H and O–H groups in total. The summed E-state index contributed by atoms with van der Waals surface area (Å²) in [5, 5.41) is 7.88. The topological polar surface area (TPSA) is 54.5 Å². The Morgan fingerprint density at radius 2 is 1.87 bits per heavy atom. The second-order valence-corrected chi connectivity index (χ2v) is 5.10. The van der Waals surface area contributed by atoms with E-state index in [1.807, 2.05) is 6.07 Å². The van der Waals surface area contributed by atoms with E-state index in [2.05, 4.69) is 20.2 Å². The van der Waals surface area contributed by atoms with E-state index in [9.17, 15) is 13.2 Å². The van der Waals surface area contributed by atoms with Gasteiger partial charge in [-0.15, -0.1) is 0 Å². The zero-order valence-electron chi connectivity index (χ0n) is 12.0. The number of aromatic amines is 1. The summed E-state index contributed by atoms with van der Waals surface area (Å²) in [4.78, 5) is 7.01. The predicted octanol–water partition coefficient (Wildman–Crippen LogP) is 3.59. The number of hydrogen-bond donors (Lipinski definition) is 1. The van der Waals surface area contributed by atoms with Crippen LogP contribution in [-0.4, -0.2) is 20.2 Å². The maximum absolute atomic E-state index is 12.7. The van der Waals surface area contributed by atoms with E-state index in [0.29, 0.717) is 6.42 Å². The fourth-order valence-corrected chi connectivity index (χ4v) is 2.42. The van der Waals surface area contributed by atoms with Crippen LogP contribution in [0.5, 0.6) is 0 Å². The van der Waals surface area contributed by atoms with Gasteiger partial charge in [0.25, 0.3) is 0 Å². The van der Waals surface area contributed by atoms with E-state index in [1.165, 1.54) is 12.1 Å². The summed E-state index contributed by atoms with van der Waals surface area (Å²) in [6, 6.07) is 8.78. The molecule has 0 aliphatic rings. The van der Waals surface area contributed by atoms with Gasteiger partial charge in [-0.1, -0.05) is 12.1 Å². The van der Waals surface area contributed by atoms with Crippen LogP contribution in [0.2, 0.25) is 0 Å². The summed E-state index contributed by atoms with van der Waals surface area (Å²) in [6.45, 7) is 0. The zero-order chi connectivity index (χ0) is 16.3. The molecule has 2 aromatic heterocycles. The smallest absolute Gasteiger partial charge is 0.348 e. The second-order valence-electron chi connectivity index (χ2n) is 5.10. The number of nitrogens with zero attached hydrogens (tertiary/aromatic N) is 3. The second kappa shape index (κ2) is 6.20. The Morgan fingerprint density at radius 3 is 2.43 bits per heavy atom. The number of nitrogens with one attached hydrogen (secondary N) is 1. The minimum atomic E-state index is -4.34. The average molecular weight is 318 g/mol. The first-order valence-corrected chi connectivity index (χ1v) is 6.96. The molecule has 0 saturated heterocycles. The molecule has 3 aromatic rings. The molecule has 4 nitrogen and oxygen atoms in total. The number of rotatable bonds is 4. The highest BCUT2D eigenvalue weighted by Crippen LogP contribution is 2.32. The van der Waals surface area contributed by atoms with Gasteiger partial charge < -0.3 is 4.98 Å². The average Bonchev–Trinajstić information content (AvgIpc) is 3.07. The van der Waals surface area contributed by atoms with Gasteiger partial charge in [0.1, 0.15) is 0 Å². The van der Waals surface area contributed by atoms with Crippen LogP contribution in [-0.2, 0) is 12.6 Å². The zero-order valence-corrected chi connectivity index (χ0v) is 12.0. The predicted molar refractivity (Wildman–Crippen MR) is 77.6 cm³/mol. The molecule has 23 heavy (non-hydrogen) atoms. The summed E-state index contributed by atoms with van der Waals surface area (Å²) in [7, 11) is 0. The van der Waals surface area contributed by atoms with Gasteiger partial charge in [0.05, 0.1) is 17.6 Å². The minimum Gasteiger partial charge on any atom is -0.348 e. The van der Waals surface area contributed by atoms with Crippen molar-refractivity contribution in [1.82, 2.24) is 20.2 Å². The van der Waals surface area contributed by atoms with Crippen LogP contribution < -0.4 is 0 Å². The molecule has 0 aliphatic carbocycles. The molecule has 0 amide bonds. The molecule has 118 valence electrons. The van der Waals surface area contributed by atoms with E-state index in [-0.39, 0.29) is 5.92 Å². The van der Waals surface area contributed by atoms with E-state index < -0.39 is 11.7 Å². The Labute approximate surface area is 130 Å². The van der Waals surface area contributed by atoms with Crippen LogP contribution >= 0.6 is 0 Å². The molecule has 7 heteroatoms. The summed E-state index contributed by atoms with van der Waals surface area (Å²) < 4.78 is 38.1. The van der Waals surface area contributed by atoms with Crippen LogP contribution in [0.25, 0.3) is 0 Å². The lowest BCUT2D eigenvalue weighted by molar-refractivity contribution is -0.137. The molecule has 0 bridgehead atoms. The van der Waals surface area contributed by atoms with Gasteiger partial charge in [-0.05, 0) is 29.8 Å². The van der Waals surface area contributed by atoms with Gasteiger partial charge in [-0.2, -0.15) is 23.4 Å². The number of alkyl halides is 3. The molecule has 1 aromatic carbocycles. The summed E-state index contributed by atoms with van der Waals surface area (Å²) in [6.07, 6.45) is 0.961. The first-order chi connectivity index (χ1) is 11.0. The normalized spacial score (nSPS) is 13.0. The summed E-state index contributed by atoms with van der Waals surface area (Å²) in [5.74, 6) is -0.170. The number of benzene rings is 1. The monoisotopic (exact) mass is 318 g/mol. The SMILES string of the molecule is FC(F)(F)c1ccc(C(Cc2cccnn2)c2cnc[nH]2)cc1. The highest BCUT2D eigenvalue weighted by Gasteiger charge is 2.30.